The van der Waals surface area contributed by atoms with Crippen molar-refractivity contribution in [1.82, 2.24) is 10.3 Å². The van der Waals surface area contributed by atoms with Crippen LogP contribution in [0.5, 0.6) is 5.88 Å². The van der Waals surface area contributed by atoms with Crippen LogP contribution >= 0.6 is 0 Å². The van der Waals surface area contributed by atoms with Crippen LogP contribution in [-0.2, 0) is 4.79 Å². The Labute approximate surface area is 133 Å². The summed E-state index contributed by atoms with van der Waals surface area (Å²) in [7, 11) is 1.45. The largest absolute Gasteiger partial charge is 0.481 e. The summed E-state index contributed by atoms with van der Waals surface area (Å²) in [4.78, 5) is 26.8. The van der Waals surface area contributed by atoms with Crippen molar-refractivity contribution >= 4 is 11.9 Å². The zero-order valence-electron chi connectivity index (χ0n) is 12.6. The van der Waals surface area contributed by atoms with Crippen LogP contribution in [0.2, 0.25) is 0 Å². The number of carboxylic acid groups (broad SMARTS) is 1. The zero-order valence-corrected chi connectivity index (χ0v) is 12.6. The summed E-state index contributed by atoms with van der Waals surface area (Å²) in [6.07, 6.45) is 0.500. The fourth-order valence-electron chi connectivity index (χ4n) is 2.65. The van der Waals surface area contributed by atoms with E-state index in [2.05, 4.69) is 10.3 Å². The van der Waals surface area contributed by atoms with Gasteiger partial charge in [-0.3, -0.25) is 4.79 Å². The van der Waals surface area contributed by atoms with E-state index in [9.17, 15) is 9.59 Å². The average Bonchev–Trinajstić information content (AvgIpc) is 3.01. The second kappa shape index (κ2) is 6.08. The predicted molar refractivity (Wildman–Crippen MR) is 83.6 cm³/mol. The first-order valence-corrected chi connectivity index (χ1v) is 7.23. The Morgan fingerprint density at radius 1 is 1.30 bits per heavy atom. The molecule has 1 aromatic heterocycles. The molecule has 23 heavy (non-hydrogen) atoms. The van der Waals surface area contributed by atoms with E-state index >= 15 is 0 Å². The Balaban J connectivity index is 1.91. The van der Waals surface area contributed by atoms with Crippen LogP contribution in [-0.4, -0.2) is 35.6 Å². The maximum atomic E-state index is 11.3. The van der Waals surface area contributed by atoms with E-state index in [4.69, 9.17) is 9.84 Å². The van der Waals surface area contributed by atoms with Gasteiger partial charge in [0, 0.05) is 30.5 Å². The zero-order chi connectivity index (χ0) is 16.4. The molecular weight excluding hydrogens is 296 g/mol. The molecule has 6 nitrogen and oxygen atoms in total. The standard InChI is InChI=1S/C17H16N2O4/c1-23-16-8-12(17(21)22)6-14(19-16)11-4-2-10(3-5-11)13-7-15(20)18-9-13/h2-6,8,13H,7,9H2,1H3,(H,18,20)(H,21,22). The molecule has 118 valence electrons. The predicted octanol–water partition coefficient (Wildman–Crippen LogP) is 2.06. The number of nitrogens with one attached hydrogen (secondary N) is 1. The molecule has 0 radical (unpaired) electrons. The second-order valence-corrected chi connectivity index (χ2v) is 5.42. The molecule has 2 heterocycles. The number of carboxylic acids is 1. The van der Waals surface area contributed by atoms with Gasteiger partial charge in [0.2, 0.25) is 11.8 Å². The first-order chi connectivity index (χ1) is 11.1. The molecule has 1 amide bonds. The van der Waals surface area contributed by atoms with E-state index in [1.54, 1.807) is 0 Å². The number of ether oxygens (including phenoxy) is 1. The van der Waals surface area contributed by atoms with Crippen molar-refractivity contribution in [1.29, 1.82) is 0 Å². The van der Waals surface area contributed by atoms with Gasteiger partial charge in [-0.2, -0.15) is 0 Å². The van der Waals surface area contributed by atoms with Crippen molar-refractivity contribution in [3.8, 4) is 17.1 Å². The molecule has 1 fully saturated rings. The third-order valence-electron chi connectivity index (χ3n) is 3.91. The van der Waals surface area contributed by atoms with E-state index in [1.807, 2.05) is 24.3 Å². The molecule has 2 N–H and O–H groups in total. The fraction of sp³-hybridized carbons (Fsp3) is 0.235. The molecule has 1 unspecified atom stereocenters. The monoisotopic (exact) mass is 312 g/mol. The van der Waals surface area contributed by atoms with Crippen LogP contribution < -0.4 is 10.1 Å². The summed E-state index contributed by atoms with van der Waals surface area (Å²) in [6, 6.07) is 10.6. The number of aromatic carboxylic acids is 1. The number of aromatic nitrogens is 1. The molecule has 1 atom stereocenters. The molecule has 0 saturated carbocycles. The number of pyridine rings is 1. The number of hydrogen-bond donors (Lipinski definition) is 2. The minimum Gasteiger partial charge on any atom is -0.481 e. The van der Waals surface area contributed by atoms with Crippen molar-refractivity contribution in [2.75, 3.05) is 13.7 Å². The lowest BCUT2D eigenvalue weighted by Gasteiger charge is -2.10. The van der Waals surface area contributed by atoms with Gasteiger partial charge in [-0.25, -0.2) is 9.78 Å². The van der Waals surface area contributed by atoms with Crippen LogP contribution in [0.3, 0.4) is 0 Å². The third-order valence-corrected chi connectivity index (χ3v) is 3.91. The Morgan fingerprint density at radius 3 is 2.61 bits per heavy atom. The van der Waals surface area contributed by atoms with Crippen molar-refractivity contribution in [2.45, 2.75) is 12.3 Å². The lowest BCUT2D eigenvalue weighted by molar-refractivity contribution is -0.119. The summed E-state index contributed by atoms with van der Waals surface area (Å²) < 4.78 is 5.06. The second-order valence-electron chi connectivity index (χ2n) is 5.42. The highest BCUT2D eigenvalue weighted by molar-refractivity contribution is 5.89. The van der Waals surface area contributed by atoms with E-state index in [0.29, 0.717) is 18.7 Å². The average molecular weight is 312 g/mol. The summed E-state index contributed by atoms with van der Waals surface area (Å²) in [5.41, 5.74) is 2.54. The molecular formula is C17H16N2O4. The third kappa shape index (κ3) is 3.15. The molecule has 0 spiro atoms. The van der Waals surface area contributed by atoms with Crippen molar-refractivity contribution < 1.29 is 19.4 Å². The van der Waals surface area contributed by atoms with Crippen LogP contribution in [0.1, 0.15) is 28.3 Å². The number of amides is 1. The van der Waals surface area contributed by atoms with Crippen LogP contribution in [0, 0.1) is 0 Å². The maximum Gasteiger partial charge on any atom is 0.335 e. The van der Waals surface area contributed by atoms with E-state index in [0.717, 1.165) is 11.1 Å². The Morgan fingerprint density at radius 2 is 2.04 bits per heavy atom. The number of nitrogens with zero attached hydrogens (tertiary/aromatic N) is 1. The van der Waals surface area contributed by atoms with Gasteiger partial charge >= 0.3 is 5.97 Å². The highest BCUT2D eigenvalue weighted by Crippen LogP contribution is 2.27. The molecule has 1 aliphatic heterocycles. The van der Waals surface area contributed by atoms with Crippen molar-refractivity contribution in [2.24, 2.45) is 0 Å². The van der Waals surface area contributed by atoms with Gasteiger partial charge in [-0.1, -0.05) is 24.3 Å². The number of carbonyl (C=O) groups excluding carboxylic acids is 1. The van der Waals surface area contributed by atoms with Crippen LogP contribution in [0.4, 0.5) is 0 Å². The molecule has 6 heteroatoms. The van der Waals surface area contributed by atoms with Gasteiger partial charge in [-0.05, 0) is 11.6 Å². The lowest BCUT2D eigenvalue weighted by Crippen LogP contribution is -2.13. The SMILES string of the molecule is COc1cc(C(=O)O)cc(-c2ccc(C3CNC(=O)C3)cc2)n1. The molecule has 1 aromatic carbocycles. The number of carbonyl (C=O) groups is 2. The van der Waals surface area contributed by atoms with Gasteiger partial charge in [-0.15, -0.1) is 0 Å². The van der Waals surface area contributed by atoms with E-state index in [1.165, 1.54) is 19.2 Å². The molecule has 0 aliphatic carbocycles. The van der Waals surface area contributed by atoms with E-state index in [-0.39, 0.29) is 23.3 Å². The molecule has 2 aromatic rings. The summed E-state index contributed by atoms with van der Waals surface area (Å²) in [5.74, 6) is -0.516. The highest BCUT2D eigenvalue weighted by atomic mass is 16.5. The van der Waals surface area contributed by atoms with Crippen molar-refractivity contribution in [3.63, 3.8) is 0 Å². The highest BCUT2D eigenvalue weighted by Gasteiger charge is 2.22. The van der Waals surface area contributed by atoms with Gasteiger partial charge in [0.25, 0.3) is 0 Å². The number of hydrogen-bond acceptors (Lipinski definition) is 4. The van der Waals surface area contributed by atoms with E-state index < -0.39 is 5.97 Å². The molecule has 3 rings (SSSR count). The maximum absolute atomic E-state index is 11.3. The lowest BCUT2D eigenvalue weighted by atomic mass is 9.96. The number of methoxy groups -OCH3 is 1. The summed E-state index contributed by atoms with van der Waals surface area (Å²) in [6.45, 7) is 0.652. The first-order valence-electron chi connectivity index (χ1n) is 7.23. The normalized spacial score (nSPS) is 16.9. The van der Waals surface area contributed by atoms with Gasteiger partial charge < -0.3 is 15.2 Å². The summed E-state index contributed by atoms with van der Waals surface area (Å²) >= 11 is 0. The first kappa shape index (κ1) is 15.0. The van der Waals surface area contributed by atoms with Gasteiger partial charge in [0.05, 0.1) is 18.4 Å². The summed E-state index contributed by atoms with van der Waals surface area (Å²) in [5, 5.41) is 12.0. The Kier molecular flexibility index (Phi) is 3.97. The molecule has 1 saturated heterocycles. The Hall–Kier alpha value is -2.89. The molecule has 0 bridgehead atoms. The minimum absolute atomic E-state index is 0.0691. The smallest absolute Gasteiger partial charge is 0.335 e. The van der Waals surface area contributed by atoms with Crippen LogP contribution in [0.25, 0.3) is 11.3 Å². The fourth-order valence-corrected chi connectivity index (χ4v) is 2.65. The van der Waals surface area contributed by atoms with Crippen molar-refractivity contribution in [3.05, 3.63) is 47.5 Å². The minimum atomic E-state index is -1.03. The topological polar surface area (TPSA) is 88.5 Å². The van der Waals surface area contributed by atoms with Gasteiger partial charge in [0.1, 0.15) is 0 Å². The Bertz CT molecular complexity index is 756. The quantitative estimate of drug-likeness (QED) is 0.902. The van der Waals surface area contributed by atoms with Crippen LogP contribution in [0.15, 0.2) is 36.4 Å². The molecule has 1 aliphatic rings. The van der Waals surface area contributed by atoms with Gasteiger partial charge in [0.15, 0.2) is 0 Å². The number of rotatable bonds is 4. The number of benzene rings is 1.